The predicted octanol–water partition coefficient (Wildman–Crippen LogP) is 3.41. The molecule has 8 heteroatoms. The number of carbonyl (C=O) groups excluding carboxylic acids is 1. The van der Waals surface area contributed by atoms with Crippen LogP contribution in [0.5, 0.6) is 5.75 Å². The molecule has 0 radical (unpaired) electrons. The highest BCUT2D eigenvalue weighted by Gasteiger charge is 2.29. The molecule has 0 bridgehead atoms. The summed E-state index contributed by atoms with van der Waals surface area (Å²) in [5.74, 6) is 0.0265. The van der Waals surface area contributed by atoms with Gasteiger partial charge in [0.1, 0.15) is 5.75 Å². The van der Waals surface area contributed by atoms with Crippen LogP contribution in [0.3, 0.4) is 0 Å². The van der Waals surface area contributed by atoms with Crippen molar-refractivity contribution in [2.24, 2.45) is 0 Å². The SMILES string of the molecule is COc1ccc(S(=O)(=O)N2CCCC2)cc1C(=O)N(C)Cc1ccc(Cl)cc1. The standard InChI is InChI=1S/C20H23ClN2O4S/c1-22(14-15-5-7-16(21)8-6-15)20(24)18-13-17(9-10-19(18)27-2)28(25,26)23-11-3-4-12-23/h5-10,13H,3-4,11-12,14H2,1-2H3. The summed E-state index contributed by atoms with van der Waals surface area (Å²) < 4.78 is 32.5. The van der Waals surface area contributed by atoms with E-state index in [2.05, 4.69) is 0 Å². The second-order valence-electron chi connectivity index (χ2n) is 6.76. The summed E-state index contributed by atoms with van der Waals surface area (Å²) >= 11 is 5.90. The summed E-state index contributed by atoms with van der Waals surface area (Å²) in [4.78, 5) is 14.6. The number of halogens is 1. The Morgan fingerprint density at radius 3 is 2.39 bits per heavy atom. The average Bonchev–Trinajstić information content (AvgIpc) is 3.24. The lowest BCUT2D eigenvalue weighted by Gasteiger charge is -2.20. The molecule has 1 aliphatic rings. The first-order chi connectivity index (χ1) is 13.3. The molecule has 1 saturated heterocycles. The van der Waals surface area contributed by atoms with Crippen molar-refractivity contribution < 1.29 is 17.9 Å². The molecule has 3 rings (SSSR count). The van der Waals surface area contributed by atoms with Crippen LogP contribution in [-0.4, -0.2) is 50.8 Å². The van der Waals surface area contributed by atoms with Crippen molar-refractivity contribution in [3.8, 4) is 5.75 Å². The van der Waals surface area contributed by atoms with Crippen molar-refractivity contribution in [3.63, 3.8) is 0 Å². The average molecular weight is 423 g/mol. The fourth-order valence-electron chi connectivity index (χ4n) is 3.23. The van der Waals surface area contributed by atoms with Crippen LogP contribution in [0.1, 0.15) is 28.8 Å². The number of ether oxygens (including phenoxy) is 1. The number of hydrogen-bond acceptors (Lipinski definition) is 4. The van der Waals surface area contributed by atoms with E-state index in [1.165, 1.54) is 34.5 Å². The first kappa shape index (κ1) is 20.6. The molecule has 0 saturated carbocycles. The van der Waals surface area contributed by atoms with Gasteiger partial charge in [-0.3, -0.25) is 4.79 Å². The van der Waals surface area contributed by atoms with Gasteiger partial charge in [0, 0.05) is 31.7 Å². The Morgan fingerprint density at radius 1 is 1.14 bits per heavy atom. The highest BCUT2D eigenvalue weighted by atomic mass is 35.5. The number of amides is 1. The van der Waals surface area contributed by atoms with Gasteiger partial charge in [-0.1, -0.05) is 23.7 Å². The summed E-state index contributed by atoms with van der Waals surface area (Å²) in [5.41, 5.74) is 1.14. The smallest absolute Gasteiger partial charge is 0.257 e. The largest absolute Gasteiger partial charge is 0.496 e. The van der Waals surface area contributed by atoms with E-state index in [9.17, 15) is 13.2 Å². The van der Waals surface area contributed by atoms with Gasteiger partial charge in [0.15, 0.2) is 0 Å². The molecule has 0 N–H and O–H groups in total. The van der Waals surface area contributed by atoms with Crippen LogP contribution in [0.25, 0.3) is 0 Å². The molecule has 1 aliphatic heterocycles. The molecule has 1 heterocycles. The van der Waals surface area contributed by atoms with Crippen LogP contribution in [-0.2, 0) is 16.6 Å². The fourth-order valence-corrected chi connectivity index (χ4v) is 4.90. The second kappa shape index (κ2) is 8.51. The zero-order valence-corrected chi connectivity index (χ0v) is 17.5. The quantitative estimate of drug-likeness (QED) is 0.715. The number of sulfonamides is 1. The van der Waals surface area contributed by atoms with Crippen molar-refractivity contribution >= 4 is 27.5 Å². The third kappa shape index (κ3) is 4.32. The highest BCUT2D eigenvalue weighted by Crippen LogP contribution is 2.27. The molecule has 1 fully saturated rings. The maximum absolute atomic E-state index is 13.0. The zero-order chi connectivity index (χ0) is 20.3. The Kier molecular flexibility index (Phi) is 6.27. The van der Waals surface area contributed by atoms with Crippen molar-refractivity contribution in [3.05, 3.63) is 58.6 Å². The molecule has 0 aromatic heterocycles. The molecule has 150 valence electrons. The molecule has 28 heavy (non-hydrogen) atoms. The minimum atomic E-state index is -3.62. The highest BCUT2D eigenvalue weighted by molar-refractivity contribution is 7.89. The summed E-state index contributed by atoms with van der Waals surface area (Å²) in [7, 11) is -0.494. The van der Waals surface area contributed by atoms with Gasteiger partial charge in [0.2, 0.25) is 10.0 Å². The summed E-state index contributed by atoms with van der Waals surface area (Å²) in [6, 6.07) is 11.6. The van der Waals surface area contributed by atoms with Gasteiger partial charge in [-0.2, -0.15) is 4.31 Å². The van der Waals surface area contributed by atoms with Crippen molar-refractivity contribution in [2.45, 2.75) is 24.3 Å². The number of methoxy groups -OCH3 is 1. The Bertz CT molecular complexity index is 955. The molecule has 1 amide bonds. The van der Waals surface area contributed by atoms with Gasteiger partial charge in [-0.15, -0.1) is 0 Å². The van der Waals surface area contributed by atoms with E-state index >= 15 is 0 Å². The second-order valence-corrected chi connectivity index (χ2v) is 9.14. The van der Waals surface area contributed by atoms with Crippen LogP contribution >= 0.6 is 11.6 Å². The number of rotatable bonds is 6. The molecular formula is C20H23ClN2O4S. The van der Waals surface area contributed by atoms with E-state index in [1.54, 1.807) is 19.2 Å². The number of nitrogens with zero attached hydrogens (tertiary/aromatic N) is 2. The van der Waals surface area contributed by atoms with Gasteiger partial charge in [0.05, 0.1) is 17.6 Å². The maximum Gasteiger partial charge on any atom is 0.257 e. The van der Waals surface area contributed by atoms with Crippen LogP contribution in [0.4, 0.5) is 0 Å². The number of hydrogen-bond donors (Lipinski definition) is 0. The van der Waals surface area contributed by atoms with Crippen molar-refractivity contribution in [1.29, 1.82) is 0 Å². The molecule has 0 atom stereocenters. The van der Waals surface area contributed by atoms with Crippen molar-refractivity contribution in [2.75, 3.05) is 27.2 Å². The predicted molar refractivity (Wildman–Crippen MR) is 108 cm³/mol. The summed E-state index contributed by atoms with van der Waals surface area (Å²) in [5, 5.41) is 0.624. The number of benzene rings is 2. The van der Waals surface area contributed by atoms with E-state index in [-0.39, 0.29) is 16.4 Å². The third-order valence-electron chi connectivity index (χ3n) is 4.78. The Balaban J connectivity index is 1.88. The van der Waals surface area contributed by atoms with E-state index in [0.717, 1.165) is 18.4 Å². The van der Waals surface area contributed by atoms with Crippen LogP contribution in [0.2, 0.25) is 5.02 Å². The normalized spacial score (nSPS) is 14.8. The van der Waals surface area contributed by atoms with Crippen LogP contribution in [0.15, 0.2) is 47.4 Å². The molecule has 6 nitrogen and oxygen atoms in total. The van der Waals surface area contributed by atoms with Crippen molar-refractivity contribution in [1.82, 2.24) is 9.21 Å². The zero-order valence-electron chi connectivity index (χ0n) is 15.9. The maximum atomic E-state index is 13.0. The molecule has 2 aromatic rings. The van der Waals surface area contributed by atoms with Gasteiger partial charge in [-0.05, 0) is 48.7 Å². The minimum absolute atomic E-state index is 0.110. The van der Waals surface area contributed by atoms with E-state index < -0.39 is 10.0 Å². The lowest BCUT2D eigenvalue weighted by molar-refractivity contribution is 0.0781. The van der Waals surface area contributed by atoms with Gasteiger partial charge in [-0.25, -0.2) is 8.42 Å². The lowest BCUT2D eigenvalue weighted by atomic mass is 10.1. The first-order valence-electron chi connectivity index (χ1n) is 9.01. The Labute approximate surface area is 170 Å². The molecular weight excluding hydrogens is 400 g/mol. The van der Waals surface area contributed by atoms with Gasteiger partial charge in [0.25, 0.3) is 5.91 Å². The molecule has 0 spiro atoms. The minimum Gasteiger partial charge on any atom is -0.496 e. The summed E-state index contributed by atoms with van der Waals surface area (Å²) in [6.07, 6.45) is 1.70. The van der Waals surface area contributed by atoms with Crippen LogP contribution in [0, 0.1) is 0 Å². The molecule has 2 aromatic carbocycles. The molecule has 0 aliphatic carbocycles. The van der Waals surface area contributed by atoms with Crippen LogP contribution < -0.4 is 4.74 Å². The monoisotopic (exact) mass is 422 g/mol. The number of carbonyl (C=O) groups is 1. The first-order valence-corrected chi connectivity index (χ1v) is 10.8. The summed E-state index contributed by atoms with van der Waals surface area (Å²) in [6.45, 7) is 1.38. The van der Waals surface area contributed by atoms with Gasteiger partial charge >= 0.3 is 0 Å². The topological polar surface area (TPSA) is 66.9 Å². The Hall–Kier alpha value is -2.09. The van der Waals surface area contributed by atoms with E-state index in [1.807, 2.05) is 12.1 Å². The van der Waals surface area contributed by atoms with E-state index in [4.69, 9.17) is 16.3 Å². The molecule has 0 unspecified atom stereocenters. The third-order valence-corrected chi connectivity index (χ3v) is 6.93. The van der Waals surface area contributed by atoms with Gasteiger partial charge < -0.3 is 9.64 Å². The Morgan fingerprint density at radius 2 is 1.79 bits per heavy atom. The lowest BCUT2D eigenvalue weighted by Crippen LogP contribution is -2.29. The fraction of sp³-hybridized carbons (Fsp3) is 0.350. The van der Waals surface area contributed by atoms with E-state index in [0.29, 0.717) is 30.4 Å².